The molecule has 48 heavy (non-hydrogen) atoms. The highest BCUT2D eigenvalue weighted by Crippen LogP contribution is 2.19. The van der Waals surface area contributed by atoms with Crippen molar-refractivity contribution < 1.29 is 38.5 Å². The average molecular weight is 653 g/mol. The van der Waals surface area contributed by atoms with Crippen LogP contribution in [0.2, 0.25) is 0 Å². The van der Waals surface area contributed by atoms with Crippen LogP contribution in [0.1, 0.15) is 44.7 Å². The standard InChI is InChI=1S/C32H24N6O10/c39-29(35-33-19-21-5-1-11-27(15-21)47-31(41)23-7-3-9-25(17-23)37(43)44)13-14-30(40)36-34-20-22-6-2-12-28(16-22)48-32(42)24-8-4-10-26(18-24)38(45)46/h1-12,15-20H,13-14H2,(H,35,39)(H,36,40). The first-order valence-electron chi connectivity index (χ1n) is 13.8. The molecule has 0 atom stereocenters. The number of esters is 2. The first-order valence-corrected chi connectivity index (χ1v) is 13.8. The van der Waals surface area contributed by atoms with Crippen molar-refractivity contribution in [1.29, 1.82) is 0 Å². The fraction of sp³-hybridized carbons (Fsp3) is 0.0625. The lowest BCUT2D eigenvalue weighted by molar-refractivity contribution is -0.385. The highest BCUT2D eigenvalue weighted by atomic mass is 16.6. The van der Waals surface area contributed by atoms with Crippen LogP contribution in [0.4, 0.5) is 11.4 Å². The fourth-order valence-electron chi connectivity index (χ4n) is 3.84. The number of carbonyl (C=O) groups is 4. The topological polar surface area (TPSA) is 222 Å². The molecule has 0 saturated carbocycles. The van der Waals surface area contributed by atoms with Crippen molar-refractivity contribution in [2.45, 2.75) is 12.8 Å². The Morgan fingerprint density at radius 1 is 0.604 bits per heavy atom. The lowest BCUT2D eigenvalue weighted by atomic mass is 10.2. The van der Waals surface area contributed by atoms with Gasteiger partial charge in [0.2, 0.25) is 11.8 Å². The molecule has 0 heterocycles. The van der Waals surface area contributed by atoms with Gasteiger partial charge in [0.25, 0.3) is 11.4 Å². The van der Waals surface area contributed by atoms with Gasteiger partial charge in [-0.05, 0) is 47.5 Å². The number of ether oxygens (including phenoxy) is 2. The smallest absolute Gasteiger partial charge is 0.343 e. The summed E-state index contributed by atoms with van der Waals surface area (Å²) in [5, 5.41) is 29.5. The molecule has 16 nitrogen and oxygen atoms in total. The van der Waals surface area contributed by atoms with Gasteiger partial charge in [0.15, 0.2) is 0 Å². The highest BCUT2D eigenvalue weighted by molar-refractivity contribution is 5.93. The van der Waals surface area contributed by atoms with Gasteiger partial charge >= 0.3 is 11.9 Å². The molecule has 4 rings (SSSR count). The van der Waals surface area contributed by atoms with Crippen molar-refractivity contribution >= 4 is 47.6 Å². The Labute approximate surface area is 271 Å². The molecule has 0 fully saturated rings. The maximum absolute atomic E-state index is 12.4. The molecule has 4 aromatic carbocycles. The zero-order valence-electron chi connectivity index (χ0n) is 24.7. The second-order valence-electron chi connectivity index (χ2n) is 9.63. The number of rotatable bonds is 13. The zero-order valence-corrected chi connectivity index (χ0v) is 24.7. The number of nitrogens with one attached hydrogen (secondary N) is 2. The highest BCUT2D eigenvalue weighted by Gasteiger charge is 2.15. The Morgan fingerprint density at radius 3 is 1.40 bits per heavy atom. The molecule has 0 spiro atoms. The summed E-state index contributed by atoms with van der Waals surface area (Å²) in [6.07, 6.45) is 2.18. The third-order valence-corrected chi connectivity index (χ3v) is 6.11. The van der Waals surface area contributed by atoms with Gasteiger partial charge in [0.1, 0.15) is 11.5 Å². The van der Waals surface area contributed by atoms with E-state index in [1.165, 1.54) is 73.1 Å². The average Bonchev–Trinajstić information content (AvgIpc) is 3.08. The molecule has 2 N–H and O–H groups in total. The van der Waals surface area contributed by atoms with Gasteiger partial charge in [-0.3, -0.25) is 29.8 Å². The van der Waals surface area contributed by atoms with Crippen LogP contribution in [0.5, 0.6) is 11.5 Å². The van der Waals surface area contributed by atoms with Crippen LogP contribution >= 0.6 is 0 Å². The van der Waals surface area contributed by atoms with E-state index in [2.05, 4.69) is 21.1 Å². The van der Waals surface area contributed by atoms with Gasteiger partial charge in [-0.15, -0.1) is 0 Å². The van der Waals surface area contributed by atoms with Crippen molar-refractivity contribution in [3.8, 4) is 11.5 Å². The number of nitrogens with zero attached hydrogens (tertiary/aromatic N) is 4. The molecule has 0 radical (unpaired) electrons. The largest absolute Gasteiger partial charge is 0.423 e. The van der Waals surface area contributed by atoms with Gasteiger partial charge in [-0.1, -0.05) is 36.4 Å². The van der Waals surface area contributed by atoms with E-state index in [0.29, 0.717) is 11.1 Å². The van der Waals surface area contributed by atoms with E-state index < -0.39 is 33.6 Å². The SMILES string of the molecule is O=C(CCC(=O)NN=Cc1cccc(OC(=O)c2cccc([N+](=O)[O-])c2)c1)NN=Cc1cccc(OC(=O)c2cccc([N+](=O)[O-])c2)c1. The molecule has 0 bridgehead atoms. The first-order chi connectivity index (χ1) is 23.1. The van der Waals surface area contributed by atoms with Gasteiger partial charge < -0.3 is 9.47 Å². The third kappa shape index (κ3) is 10.2. The summed E-state index contributed by atoms with van der Waals surface area (Å²) < 4.78 is 10.5. The van der Waals surface area contributed by atoms with E-state index in [4.69, 9.17) is 9.47 Å². The number of amides is 2. The number of hydrogen-bond donors (Lipinski definition) is 2. The Bertz CT molecular complexity index is 1800. The zero-order chi connectivity index (χ0) is 34.5. The molecule has 16 heteroatoms. The number of benzene rings is 4. The summed E-state index contributed by atoms with van der Waals surface area (Å²) in [4.78, 5) is 69.6. The third-order valence-electron chi connectivity index (χ3n) is 6.11. The van der Waals surface area contributed by atoms with Crippen LogP contribution < -0.4 is 20.3 Å². The van der Waals surface area contributed by atoms with E-state index in [-0.39, 0.29) is 46.8 Å². The molecule has 242 valence electrons. The summed E-state index contributed by atoms with van der Waals surface area (Å²) in [7, 11) is 0. The van der Waals surface area contributed by atoms with E-state index in [1.807, 2.05) is 0 Å². The summed E-state index contributed by atoms with van der Waals surface area (Å²) in [6.45, 7) is 0. The van der Waals surface area contributed by atoms with Crippen LogP contribution in [0, 0.1) is 20.2 Å². The van der Waals surface area contributed by atoms with Crippen LogP contribution in [0.25, 0.3) is 0 Å². The van der Waals surface area contributed by atoms with E-state index >= 15 is 0 Å². The summed E-state index contributed by atoms with van der Waals surface area (Å²) in [5.41, 5.74) is 4.99. The van der Waals surface area contributed by atoms with Gasteiger partial charge in [0.05, 0.1) is 33.4 Å². The Kier molecular flexibility index (Phi) is 11.5. The molecule has 0 aliphatic heterocycles. The lowest BCUT2D eigenvalue weighted by Crippen LogP contribution is -2.22. The van der Waals surface area contributed by atoms with Gasteiger partial charge in [-0.2, -0.15) is 10.2 Å². The maximum atomic E-state index is 12.4. The lowest BCUT2D eigenvalue weighted by Gasteiger charge is -2.05. The number of carbonyl (C=O) groups excluding carboxylic acids is 4. The first kappa shape index (κ1) is 33.8. The number of nitro groups is 2. The van der Waals surface area contributed by atoms with Crippen molar-refractivity contribution in [2.75, 3.05) is 0 Å². The van der Waals surface area contributed by atoms with E-state index in [9.17, 15) is 39.4 Å². The maximum Gasteiger partial charge on any atom is 0.343 e. The number of non-ortho nitro benzene ring substituents is 2. The van der Waals surface area contributed by atoms with Crippen molar-refractivity contribution in [1.82, 2.24) is 10.9 Å². The number of hydrazone groups is 2. The van der Waals surface area contributed by atoms with Crippen LogP contribution in [-0.4, -0.2) is 46.0 Å². The van der Waals surface area contributed by atoms with Crippen molar-refractivity contribution in [3.63, 3.8) is 0 Å². The summed E-state index contributed by atoms with van der Waals surface area (Å²) in [5.74, 6) is -2.41. The monoisotopic (exact) mass is 652 g/mol. The Hall–Kier alpha value is -7.10. The van der Waals surface area contributed by atoms with Gasteiger partial charge in [0, 0.05) is 37.1 Å². The van der Waals surface area contributed by atoms with Crippen LogP contribution in [0.3, 0.4) is 0 Å². The van der Waals surface area contributed by atoms with Crippen LogP contribution in [-0.2, 0) is 9.59 Å². The predicted octanol–water partition coefficient (Wildman–Crippen LogP) is 4.32. The molecule has 4 aromatic rings. The second kappa shape index (κ2) is 16.3. The molecule has 2 amide bonds. The quantitative estimate of drug-likeness (QED) is 0.0684. The minimum atomic E-state index is -0.793. The molecule has 0 aromatic heterocycles. The van der Waals surface area contributed by atoms with E-state index in [1.54, 1.807) is 24.3 Å². The van der Waals surface area contributed by atoms with Crippen molar-refractivity contribution in [3.05, 3.63) is 140 Å². The molecule has 0 aliphatic carbocycles. The Balaban J connectivity index is 1.20. The molecule has 0 saturated heterocycles. The Morgan fingerprint density at radius 2 is 1.00 bits per heavy atom. The molecule has 0 aliphatic rings. The number of hydrogen-bond acceptors (Lipinski definition) is 12. The molecule has 0 unspecified atom stereocenters. The minimum Gasteiger partial charge on any atom is -0.423 e. The minimum absolute atomic E-state index is 0.000654. The molecular weight excluding hydrogens is 628 g/mol. The fourth-order valence-corrected chi connectivity index (χ4v) is 3.84. The van der Waals surface area contributed by atoms with Crippen molar-refractivity contribution in [2.24, 2.45) is 10.2 Å². The summed E-state index contributed by atoms with van der Waals surface area (Å²) >= 11 is 0. The van der Waals surface area contributed by atoms with Crippen LogP contribution in [0.15, 0.2) is 107 Å². The normalized spacial score (nSPS) is 10.8. The van der Waals surface area contributed by atoms with E-state index in [0.717, 1.165) is 12.1 Å². The molecular formula is C32H24N6O10. The predicted molar refractivity (Wildman–Crippen MR) is 170 cm³/mol. The number of nitro benzene ring substituents is 2. The summed E-state index contributed by atoms with van der Waals surface area (Å²) in [6, 6.07) is 22.6. The van der Waals surface area contributed by atoms with Gasteiger partial charge in [-0.25, -0.2) is 20.4 Å². The second-order valence-corrected chi connectivity index (χ2v) is 9.63.